The van der Waals surface area contributed by atoms with Crippen LogP contribution in [0, 0.1) is 11.6 Å². The molecule has 2 aromatic carbocycles. The highest BCUT2D eigenvalue weighted by molar-refractivity contribution is 6.35. The maximum Gasteiger partial charge on any atom is 0.160 e. The number of rotatable bonds is 4. The zero-order chi connectivity index (χ0) is 14.7. The molecule has 0 heterocycles. The normalized spacial score (nSPS) is 12.2. The monoisotopic (exact) mass is 315 g/mol. The van der Waals surface area contributed by atoms with Gasteiger partial charge in [-0.05, 0) is 43.2 Å². The van der Waals surface area contributed by atoms with Crippen molar-refractivity contribution in [1.29, 1.82) is 0 Å². The van der Waals surface area contributed by atoms with Gasteiger partial charge in [-0.1, -0.05) is 35.3 Å². The Balaban J connectivity index is 2.04. The van der Waals surface area contributed by atoms with Crippen LogP contribution in [0.4, 0.5) is 14.5 Å². The van der Waals surface area contributed by atoms with Crippen molar-refractivity contribution in [2.24, 2.45) is 0 Å². The molecule has 5 heteroatoms. The highest BCUT2D eigenvalue weighted by Gasteiger charge is 2.10. The molecule has 0 aliphatic heterocycles. The molecular weight excluding hydrogens is 303 g/mol. The Bertz CT molecular complexity index is 576. The summed E-state index contributed by atoms with van der Waals surface area (Å²) in [6, 6.07) is 9.36. The van der Waals surface area contributed by atoms with Crippen LogP contribution < -0.4 is 5.32 Å². The molecule has 1 N–H and O–H groups in total. The van der Waals surface area contributed by atoms with Crippen LogP contribution in [0.3, 0.4) is 0 Å². The van der Waals surface area contributed by atoms with Crippen LogP contribution in [0.15, 0.2) is 36.4 Å². The van der Waals surface area contributed by atoms with Crippen molar-refractivity contribution in [3.8, 4) is 0 Å². The summed E-state index contributed by atoms with van der Waals surface area (Å²) in [5.74, 6) is -0.878. The fourth-order valence-corrected chi connectivity index (χ4v) is 2.44. The van der Waals surface area contributed by atoms with Gasteiger partial charge in [0.15, 0.2) is 5.82 Å². The Morgan fingerprint density at radius 2 is 1.60 bits per heavy atom. The molecule has 20 heavy (non-hydrogen) atoms. The number of benzene rings is 2. The van der Waals surface area contributed by atoms with Crippen LogP contribution >= 0.6 is 23.2 Å². The van der Waals surface area contributed by atoms with Crippen molar-refractivity contribution in [2.75, 3.05) is 5.32 Å². The molecule has 0 aliphatic rings. The average molecular weight is 316 g/mol. The summed E-state index contributed by atoms with van der Waals surface area (Å²) in [5, 5.41) is 3.15. The van der Waals surface area contributed by atoms with Gasteiger partial charge in [0.25, 0.3) is 0 Å². The van der Waals surface area contributed by atoms with E-state index in [-0.39, 0.29) is 21.9 Å². The Morgan fingerprint density at radius 3 is 2.15 bits per heavy atom. The van der Waals surface area contributed by atoms with Crippen LogP contribution in [0.2, 0.25) is 10.0 Å². The van der Waals surface area contributed by atoms with E-state index in [0.717, 1.165) is 5.56 Å². The summed E-state index contributed by atoms with van der Waals surface area (Å²) in [6.07, 6.45) is 0.701. The molecule has 2 aromatic rings. The first kappa shape index (κ1) is 15.1. The molecule has 1 atom stereocenters. The van der Waals surface area contributed by atoms with E-state index in [2.05, 4.69) is 5.32 Å². The predicted octanol–water partition coefficient (Wildman–Crippen LogP) is 5.31. The average Bonchev–Trinajstić information content (AvgIpc) is 2.38. The standard InChI is InChI=1S/C15H13Cl2F2N/c1-9(6-10-2-4-11(18)5-3-10)20-12-7-13(16)15(19)14(17)8-12/h2-5,7-9,20H,6H2,1H3. The number of hydrogen-bond acceptors (Lipinski definition) is 1. The molecule has 106 valence electrons. The summed E-state index contributed by atoms with van der Waals surface area (Å²) in [7, 11) is 0. The van der Waals surface area contributed by atoms with Crippen molar-refractivity contribution in [3.63, 3.8) is 0 Å². The molecule has 0 bridgehead atoms. The van der Waals surface area contributed by atoms with E-state index in [1.54, 1.807) is 12.1 Å². The van der Waals surface area contributed by atoms with Gasteiger partial charge in [-0.25, -0.2) is 8.78 Å². The molecular formula is C15H13Cl2F2N. The summed E-state index contributed by atoms with van der Waals surface area (Å²) >= 11 is 11.5. The Morgan fingerprint density at radius 1 is 1.05 bits per heavy atom. The second-order valence-electron chi connectivity index (χ2n) is 4.63. The lowest BCUT2D eigenvalue weighted by Crippen LogP contribution is -2.18. The third kappa shape index (κ3) is 3.84. The number of hydrogen-bond donors (Lipinski definition) is 1. The second kappa shape index (κ2) is 6.42. The van der Waals surface area contributed by atoms with Crippen molar-refractivity contribution < 1.29 is 8.78 Å². The number of nitrogens with one attached hydrogen (secondary N) is 1. The van der Waals surface area contributed by atoms with Gasteiger partial charge < -0.3 is 5.32 Å². The Hall–Kier alpha value is -1.32. The molecule has 0 amide bonds. The molecule has 0 saturated carbocycles. The predicted molar refractivity (Wildman–Crippen MR) is 79.6 cm³/mol. The lowest BCUT2D eigenvalue weighted by Gasteiger charge is -2.16. The van der Waals surface area contributed by atoms with Gasteiger partial charge in [0.1, 0.15) is 5.82 Å². The van der Waals surface area contributed by atoms with Crippen molar-refractivity contribution >= 4 is 28.9 Å². The number of halogens is 4. The first-order valence-electron chi connectivity index (χ1n) is 6.11. The third-order valence-electron chi connectivity index (χ3n) is 2.85. The number of anilines is 1. The Kier molecular flexibility index (Phi) is 4.84. The molecule has 1 unspecified atom stereocenters. The maximum atomic E-state index is 13.3. The lowest BCUT2D eigenvalue weighted by molar-refractivity contribution is 0.626. The minimum Gasteiger partial charge on any atom is -0.382 e. The van der Waals surface area contributed by atoms with Crippen LogP contribution in [0.5, 0.6) is 0 Å². The molecule has 0 aromatic heterocycles. The SMILES string of the molecule is CC(Cc1ccc(F)cc1)Nc1cc(Cl)c(F)c(Cl)c1. The van der Waals surface area contributed by atoms with E-state index in [9.17, 15) is 8.78 Å². The van der Waals surface area contributed by atoms with Gasteiger partial charge in [0.05, 0.1) is 10.0 Å². The largest absolute Gasteiger partial charge is 0.382 e. The fourth-order valence-electron chi connectivity index (χ4n) is 1.95. The highest BCUT2D eigenvalue weighted by Crippen LogP contribution is 2.27. The van der Waals surface area contributed by atoms with Gasteiger partial charge in [0.2, 0.25) is 0 Å². The maximum absolute atomic E-state index is 13.3. The topological polar surface area (TPSA) is 12.0 Å². The molecule has 1 nitrogen and oxygen atoms in total. The highest BCUT2D eigenvalue weighted by atomic mass is 35.5. The first-order chi connectivity index (χ1) is 9.45. The molecule has 0 aliphatic carbocycles. The Labute approximate surface area is 126 Å². The summed E-state index contributed by atoms with van der Waals surface area (Å²) in [6.45, 7) is 1.97. The van der Waals surface area contributed by atoms with Gasteiger partial charge in [-0.3, -0.25) is 0 Å². The second-order valence-corrected chi connectivity index (χ2v) is 5.44. The van der Waals surface area contributed by atoms with Gasteiger partial charge in [-0.2, -0.15) is 0 Å². The third-order valence-corrected chi connectivity index (χ3v) is 3.40. The van der Waals surface area contributed by atoms with Crippen LogP contribution in [-0.2, 0) is 6.42 Å². The molecule has 2 rings (SSSR count). The van der Waals surface area contributed by atoms with Crippen molar-refractivity contribution in [3.05, 3.63) is 63.6 Å². The molecule has 0 saturated heterocycles. The van der Waals surface area contributed by atoms with Crippen LogP contribution in [0.1, 0.15) is 12.5 Å². The van der Waals surface area contributed by atoms with E-state index in [0.29, 0.717) is 12.1 Å². The smallest absolute Gasteiger partial charge is 0.160 e. The van der Waals surface area contributed by atoms with Gasteiger partial charge in [0, 0.05) is 11.7 Å². The fraction of sp³-hybridized carbons (Fsp3) is 0.200. The van der Waals surface area contributed by atoms with Crippen molar-refractivity contribution in [2.45, 2.75) is 19.4 Å². The zero-order valence-electron chi connectivity index (χ0n) is 10.8. The van der Waals surface area contributed by atoms with E-state index in [1.165, 1.54) is 24.3 Å². The van der Waals surface area contributed by atoms with Gasteiger partial charge >= 0.3 is 0 Å². The van der Waals surface area contributed by atoms with E-state index < -0.39 is 5.82 Å². The summed E-state index contributed by atoms with van der Waals surface area (Å²) < 4.78 is 26.1. The quantitative estimate of drug-likeness (QED) is 0.753. The molecule has 0 spiro atoms. The minimum absolute atomic E-state index is 0.0195. The van der Waals surface area contributed by atoms with Crippen LogP contribution in [0.25, 0.3) is 0 Å². The van der Waals surface area contributed by atoms with E-state index >= 15 is 0 Å². The van der Waals surface area contributed by atoms with E-state index in [4.69, 9.17) is 23.2 Å². The van der Waals surface area contributed by atoms with Gasteiger partial charge in [-0.15, -0.1) is 0 Å². The van der Waals surface area contributed by atoms with E-state index in [1.807, 2.05) is 6.92 Å². The zero-order valence-corrected chi connectivity index (χ0v) is 12.3. The summed E-state index contributed by atoms with van der Waals surface area (Å²) in [4.78, 5) is 0. The lowest BCUT2D eigenvalue weighted by atomic mass is 10.1. The molecule has 0 radical (unpaired) electrons. The van der Waals surface area contributed by atoms with Crippen molar-refractivity contribution in [1.82, 2.24) is 0 Å². The minimum atomic E-state index is -0.620. The summed E-state index contributed by atoms with van der Waals surface area (Å²) in [5.41, 5.74) is 1.65. The van der Waals surface area contributed by atoms with Crippen LogP contribution in [-0.4, -0.2) is 6.04 Å². The first-order valence-corrected chi connectivity index (χ1v) is 6.87. The molecule has 0 fully saturated rings.